The van der Waals surface area contributed by atoms with Gasteiger partial charge in [0.25, 0.3) is 0 Å². The largest absolute Gasteiger partial charge is 0.448 e. The fourth-order valence-corrected chi connectivity index (χ4v) is 0.890. The molecule has 0 saturated heterocycles. The molecule has 0 aromatic carbocycles. The summed E-state index contributed by atoms with van der Waals surface area (Å²) in [6.45, 7) is 2.58. The first kappa shape index (κ1) is 7.28. The summed E-state index contributed by atoms with van der Waals surface area (Å²) < 4.78 is 5.10. The molecular weight excluding hydrogens is 128 g/mol. The van der Waals surface area contributed by atoms with Crippen molar-refractivity contribution in [3.8, 4) is 0 Å². The molecule has 0 spiro atoms. The van der Waals surface area contributed by atoms with E-state index >= 15 is 0 Å². The molecule has 0 aliphatic rings. The lowest BCUT2D eigenvalue weighted by molar-refractivity contribution is 0.497. The second-order valence-electron chi connectivity index (χ2n) is 2.18. The van der Waals surface area contributed by atoms with Gasteiger partial charge < -0.3 is 10.2 Å². The minimum atomic E-state index is 0.478. The van der Waals surface area contributed by atoms with Gasteiger partial charge in [-0.2, -0.15) is 0 Å². The van der Waals surface area contributed by atoms with E-state index in [1.54, 1.807) is 0 Å². The van der Waals surface area contributed by atoms with Crippen LogP contribution in [0.25, 0.3) is 0 Å². The molecule has 0 amide bonds. The van der Waals surface area contributed by atoms with Crippen LogP contribution in [-0.4, -0.2) is 4.98 Å². The molecule has 0 saturated carbocycles. The number of hydrogen-bond donors (Lipinski definition) is 1. The summed E-state index contributed by atoms with van der Waals surface area (Å²) >= 11 is 0. The van der Waals surface area contributed by atoms with Crippen LogP contribution < -0.4 is 5.73 Å². The van der Waals surface area contributed by atoms with Crippen LogP contribution in [0.5, 0.6) is 0 Å². The van der Waals surface area contributed by atoms with Crippen LogP contribution in [0.1, 0.15) is 24.8 Å². The zero-order valence-corrected chi connectivity index (χ0v) is 6.13. The van der Waals surface area contributed by atoms with Crippen molar-refractivity contribution in [3.05, 3.63) is 17.8 Å². The summed E-state index contributed by atoms with van der Waals surface area (Å²) in [5.41, 5.74) is 6.29. The fraction of sp³-hybridized carbons (Fsp3) is 0.571. The third-order valence-electron chi connectivity index (χ3n) is 1.40. The van der Waals surface area contributed by atoms with Crippen LogP contribution in [0, 0.1) is 0 Å². The van der Waals surface area contributed by atoms with Crippen LogP contribution >= 0.6 is 0 Å². The van der Waals surface area contributed by atoms with Crippen molar-refractivity contribution in [2.45, 2.75) is 26.3 Å². The lowest BCUT2D eigenvalue weighted by Crippen LogP contribution is -1.99. The Hall–Kier alpha value is -0.830. The lowest BCUT2D eigenvalue weighted by Gasteiger charge is -1.92. The SMILES string of the molecule is CCCc1ocnc1CN. The molecule has 0 aliphatic carbocycles. The summed E-state index contributed by atoms with van der Waals surface area (Å²) in [5.74, 6) is 0.935. The third-order valence-corrected chi connectivity index (χ3v) is 1.40. The predicted octanol–water partition coefficient (Wildman–Crippen LogP) is 1.09. The Balaban J connectivity index is 2.70. The van der Waals surface area contributed by atoms with E-state index < -0.39 is 0 Å². The van der Waals surface area contributed by atoms with Crippen LogP contribution in [0.15, 0.2) is 10.8 Å². The monoisotopic (exact) mass is 140 g/mol. The van der Waals surface area contributed by atoms with E-state index in [-0.39, 0.29) is 0 Å². The Bertz CT molecular complexity index is 195. The first-order chi connectivity index (χ1) is 4.88. The number of rotatable bonds is 3. The van der Waals surface area contributed by atoms with Gasteiger partial charge in [0.05, 0.1) is 5.69 Å². The molecule has 0 radical (unpaired) electrons. The molecule has 1 aromatic rings. The summed E-state index contributed by atoms with van der Waals surface area (Å²) in [7, 11) is 0. The molecule has 10 heavy (non-hydrogen) atoms. The van der Waals surface area contributed by atoms with E-state index in [2.05, 4.69) is 11.9 Å². The third kappa shape index (κ3) is 1.36. The highest BCUT2D eigenvalue weighted by Gasteiger charge is 2.03. The maximum absolute atomic E-state index is 5.40. The van der Waals surface area contributed by atoms with Gasteiger partial charge in [0.1, 0.15) is 5.76 Å². The number of hydrogen-bond acceptors (Lipinski definition) is 3. The van der Waals surface area contributed by atoms with Crippen molar-refractivity contribution in [1.82, 2.24) is 4.98 Å². The van der Waals surface area contributed by atoms with Crippen LogP contribution in [0.3, 0.4) is 0 Å². The van der Waals surface area contributed by atoms with Gasteiger partial charge in [0.15, 0.2) is 6.39 Å². The Labute approximate surface area is 60.2 Å². The Morgan fingerprint density at radius 3 is 3.10 bits per heavy atom. The van der Waals surface area contributed by atoms with Crippen LogP contribution in [-0.2, 0) is 13.0 Å². The van der Waals surface area contributed by atoms with E-state index in [1.165, 1.54) is 6.39 Å². The van der Waals surface area contributed by atoms with Crippen molar-refractivity contribution >= 4 is 0 Å². The molecule has 0 aliphatic heterocycles. The highest BCUT2D eigenvalue weighted by Crippen LogP contribution is 2.07. The minimum absolute atomic E-state index is 0.478. The van der Waals surface area contributed by atoms with E-state index in [4.69, 9.17) is 10.2 Å². The first-order valence-electron chi connectivity index (χ1n) is 3.49. The summed E-state index contributed by atoms with van der Waals surface area (Å²) in [5, 5.41) is 0. The summed E-state index contributed by atoms with van der Waals surface area (Å²) in [6, 6.07) is 0. The summed E-state index contributed by atoms with van der Waals surface area (Å²) in [6.07, 6.45) is 3.46. The van der Waals surface area contributed by atoms with Gasteiger partial charge >= 0.3 is 0 Å². The van der Waals surface area contributed by atoms with Gasteiger partial charge in [-0.15, -0.1) is 0 Å². The van der Waals surface area contributed by atoms with Gasteiger partial charge in [-0.05, 0) is 6.42 Å². The van der Waals surface area contributed by atoms with Crippen LogP contribution in [0.4, 0.5) is 0 Å². The molecule has 0 unspecified atom stereocenters. The number of nitrogens with two attached hydrogens (primary N) is 1. The highest BCUT2D eigenvalue weighted by molar-refractivity contribution is 5.06. The molecule has 1 aromatic heterocycles. The quantitative estimate of drug-likeness (QED) is 0.683. The molecule has 56 valence electrons. The van der Waals surface area contributed by atoms with E-state index in [1.807, 2.05) is 0 Å². The van der Waals surface area contributed by atoms with Gasteiger partial charge in [-0.25, -0.2) is 4.98 Å². The minimum Gasteiger partial charge on any atom is -0.448 e. The molecule has 2 N–H and O–H groups in total. The van der Waals surface area contributed by atoms with Crippen molar-refractivity contribution in [2.75, 3.05) is 0 Å². The number of oxazole rings is 1. The maximum Gasteiger partial charge on any atom is 0.181 e. The molecule has 0 fully saturated rings. The maximum atomic E-state index is 5.40. The number of aromatic nitrogens is 1. The standard InChI is InChI=1S/C7H12N2O/c1-2-3-7-6(4-8)9-5-10-7/h5H,2-4,8H2,1H3. The van der Waals surface area contributed by atoms with Gasteiger partial charge in [0.2, 0.25) is 0 Å². The Morgan fingerprint density at radius 1 is 1.70 bits per heavy atom. The van der Waals surface area contributed by atoms with Gasteiger partial charge in [0, 0.05) is 13.0 Å². The normalized spacial score (nSPS) is 10.2. The summed E-state index contributed by atoms with van der Waals surface area (Å²) in [4.78, 5) is 3.96. The van der Waals surface area contributed by atoms with Crippen molar-refractivity contribution in [3.63, 3.8) is 0 Å². The fourth-order valence-electron chi connectivity index (χ4n) is 0.890. The molecule has 3 heteroatoms. The Morgan fingerprint density at radius 2 is 2.50 bits per heavy atom. The van der Waals surface area contributed by atoms with E-state index in [9.17, 15) is 0 Å². The van der Waals surface area contributed by atoms with Crippen molar-refractivity contribution in [2.24, 2.45) is 5.73 Å². The molecule has 1 rings (SSSR count). The molecular formula is C7H12N2O. The highest BCUT2D eigenvalue weighted by atomic mass is 16.3. The van der Waals surface area contributed by atoms with Crippen molar-refractivity contribution in [1.29, 1.82) is 0 Å². The smallest absolute Gasteiger partial charge is 0.181 e. The van der Waals surface area contributed by atoms with E-state index in [0.29, 0.717) is 6.54 Å². The topological polar surface area (TPSA) is 52.0 Å². The zero-order chi connectivity index (χ0) is 7.40. The number of nitrogens with zero attached hydrogens (tertiary/aromatic N) is 1. The van der Waals surface area contributed by atoms with Crippen molar-refractivity contribution < 1.29 is 4.42 Å². The molecule has 0 bridgehead atoms. The number of aryl methyl sites for hydroxylation is 1. The van der Waals surface area contributed by atoms with Crippen LogP contribution in [0.2, 0.25) is 0 Å². The second-order valence-corrected chi connectivity index (χ2v) is 2.18. The van der Waals surface area contributed by atoms with E-state index in [0.717, 1.165) is 24.3 Å². The molecule has 1 heterocycles. The lowest BCUT2D eigenvalue weighted by atomic mass is 10.2. The zero-order valence-electron chi connectivity index (χ0n) is 6.13. The molecule has 0 atom stereocenters. The second kappa shape index (κ2) is 3.37. The first-order valence-corrected chi connectivity index (χ1v) is 3.49. The predicted molar refractivity (Wildman–Crippen MR) is 38.4 cm³/mol. The van der Waals surface area contributed by atoms with Gasteiger partial charge in [-0.3, -0.25) is 0 Å². The molecule has 3 nitrogen and oxygen atoms in total. The average molecular weight is 140 g/mol. The Kier molecular flexibility index (Phi) is 2.45. The average Bonchev–Trinajstić information content (AvgIpc) is 2.36. The van der Waals surface area contributed by atoms with Gasteiger partial charge in [-0.1, -0.05) is 6.92 Å².